The fraction of sp³-hybridized carbons (Fsp3) is 0. The molecule has 12 heavy (non-hydrogen) atoms. The lowest BCUT2D eigenvalue weighted by Crippen LogP contribution is -1.94. The molecule has 0 amide bonds. The molecule has 3 nitrogen and oxygen atoms in total. The van der Waals surface area contributed by atoms with Crippen LogP contribution in [0.25, 0.3) is 10.8 Å². The van der Waals surface area contributed by atoms with Crippen molar-refractivity contribution in [3.8, 4) is 5.95 Å². The summed E-state index contributed by atoms with van der Waals surface area (Å²) in [5, 5.41) is 10.4. The van der Waals surface area contributed by atoms with Gasteiger partial charge >= 0.3 is 5.63 Å². The zero-order chi connectivity index (χ0) is 8.55. The van der Waals surface area contributed by atoms with Crippen molar-refractivity contribution in [3.63, 3.8) is 0 Å². The van der Waals surface area contributed by atoms with E-state index in [4.69, 9.17) is 0 Å². The fourth-order valence-electron chi connectivity index (χ4n) is 1.12. The van der Waals surface area contributed by atoms with Crippen LogP contribution in [0.5, 0.6) is 5.95 Å². The van der Waals surface area contributed by atoms with Crippen LogP contribution in [0.3, 0.4) is 0 Å². The molecule has 0 unspecified atom stereocenters. The Bertz CT molecular complexity index is 470. The first kappa shape index (κ1) is 6.91. The van der Waals surface area contributed by atoms with E-state index >= 15 is 0 Å². The van der Waals surface area contributed by atoms with E-state index in [1.807, 2.05) is 0 Å². The molecule has 2 rings (SSSR count). The molecule has 0 bridgehead atoms. The lowest BCUT2D eigenvalue weighted by Gasteiger charge is -1.95. The first-order valence-corrected chi connectivity index (χ1v) is 3.49. The van der Waals surface area contributed by atoms with Gasteiger partial charge in [0.05, 0.1) is 5.39 Å². The summed E-state index contributed by atoms with van der Waals surface area (Å²) in [6.45, 7) is 0. The lowest BCUT2D eigenvalue weighted by atomic mass is 10.2. The summed E-state index contributed by atoms with van der Waals surface area (Å²) < 4.78 is 4.49. The predicted molar refractivity (Wildman–Crippen MR) is 44.1 cm³/mol. The van der Waals surface area contributed by atoms with Crippen molar-refractivity contribution >= 4 is 10.8 Å². The van der Waals surface area contributed by atoms with Gasteiger partial charge in [-0.1, -0.05) is 18.2 Å². The molecule has 0 aliphatic rings. The minimum atomic E-state index is -0.536. The Balaban J connectivity index is 2.99. The molecule has 60 valence electrons. The SMILES string of the molecule is O=c1cc2ccccc2c(O)o1. The number of aromatic hydroxyl groups is 1. The van der Waals surface area contributed by atoms with Crippen molar-refractivity contribution in [3.05, 3.63) is 40.8 Å². The molecule has 0 radical (unpaired) electrons. The summed E-state index contributed by atoms with van der Waals surface area (Å²) >= 11 is 0. The second-order valence-corrected chi connectivity index (χ2v) is 2.46. The van der Waals surface area contributed by atoms with Crippen LogP contribution < -0.4 is 5.63 Å². The Morgan fingerprint density at radius 1 is 1.25 bits per heavy atom. The summed E-state index contributed by atoms with van der Waals surface area (Å²) in [7, 11) is 0. The largest absolute Gasteiger partial charge is 0.480 e. The quantitative estimate of drug-likeness (QED) is 0.638. The topological polar surface area (TPSA) is 50.4 Å². The van der Waals surface area contributed by atoms with Crippen LogP contribution in [0.1, 0.15) is 0 Å². The van der Waals surface area contributed by atoms with Crippen molar-refractivity contribution in [2.45, 2.75) is 0 Å². The highest BCUT2D eigenvalue weighted by Crippen LogP contribution is 2.20. The van der Waals surface area contributed by atoms with Gasteiger partial charge in [-0.05, 0) is 11.5 Å². The Hall–Kier alpha value is -1.77. The van der Waals surface area contributed by atoms with Gasteiger partial charge in [0.15, 0.2) is 0 Å². The molecule has 0 saturated heterocycles. The second-order valence-electron chi connectivity index (χ2n) is 2.46. The van der Waals surface area contributed by atoms with Crippen LogP contribution in [-0.2, 0) is 0 Å². The number of rotatable bonds is 0. The van der Waals surface area contributed by atoms with E-state index in [0.717, 1.165) is 0 Å². The van der Waals surface area contributed by atoms with Crippen LogP contribution in [0, 0.1) is 0 Å². The van der Waals surface area contributed by atoms with Gasteiger partial charge in [-0.2, -0.15) is 0 Å². The molecule has 1 aromatic carbocycles. The molecule has 0 fully saturated rings. The van der Waals surface area contributed by atoms with Gasteiger partial charge in [0.25, 0.3) is 5.95 Å². The number of fused-ring (bicyclic) bond motifs is 1. The minimum Gasteiger partial charge on any atom is -0.480 e. The molecular weight excluding hydrogens is 156 g/mol. The maximum Gasteiger partial charge on any atom is 0.339 e. The monoisotopic (exact) mass is 162 g/mol. The number of hydrogen-bond donors (Lipinski definition) is 1. The highest BCUT2D eigenvalue weighted by molar-refractivity contribution is 5.85. The number of benzene rings is 1. The van der Waals surface area contributed by atoms with Crippen molar-refractivity contribution in [2.75, 3.05) is 0 Å². The van der Waals surface area contributed by atoms with E-state index in [-0.39, 0.29) is 5.95 Å². The fourth-order valence-corrected chi connectivity index (χ4v) is 1.12. The Morgan fingerprint density at radius 3 is 2.83 bits per heavy atom. The van der Waals surface area contributed by atoms with E-state index in [1.54, 1.807) is 24.3 Å². The third kappa shape index (κ3) is 0.955. The highest BCUT2D eigenvalue weighted by Gasteiger charge is 2.01. The molecule has 0 atom stereocenters. The van der Waals surface area contributed by atoms with Crippen molar-refractivity contribution < 1.29 is 9.52 Å². The van der Waals surface area contributed by atoms with Crippen LogP contribution in [-0.4, -0.2) is 5.11 Å². The van der Waals surface area contributed by atoms with Gasteiger partial charge in [-0.25, -0.2) is 4.79 Å². The second kappa shape index (κ2) is 2.37. The molecule has 0 aliphatic heterocycles. The van der Waals surface area contributed by atoms with Gasteiger partial charge in [-0.15, -0.1) is 0 Å². The van der Waals surface area contributed by atoms with Gasteiger partial charge in [0.1, 0.15) is 0 Å². The lowest BCUT2D eigenvalue weighted by molar-refractivity contribution is 0.317. The van der Waals surface area contributed by atoms with Gasteiger partial charge in [0, 0.05) is 6.07 Å². The first-order chi connectivity index (χ1) is 5.77. The Morgan fingerprint density at radius 2 is 2.00 bits per heavy atom. The maximum atomic E-state index is 10.8. The summed E-state index contributed by atoms with van der Waals surface area (Å²) in [5.41, 5.74) is -0.536. The van der Waals surface area contributed by atoms with Crippen molar-refractivity contribution in [1.82, 2.24) is 0 Å². The van der Waals surface area contributed by atoms with Gasteiger partial charge in [-0.3, -0.25) is 0 Å². The standard InChI is InChI=1S/C9H6O3/c10-8-5-6-3-1-2-4-7(6)9(11)12-8/h1-5,11H. The molecule has 1 aromatic heterocycles. The first-order valence-electron chi connectivity index (χ1n) is 3.49. The zero-order valence-electron chi connectivity index (χ0n) is 6.15. The van der Waals surface area contributed by atoms with Crippen LogP contribution >= 0.6 is 0 Å². The average molecular weight is 162 g/mol. The molecule has 3 heteroatoms. The third-order valence-electron chi connectivity index (χ3n) is 1.66. The van der Waals surface area contributed by atoms with Gasteiger partial charge < -0.3 is 9.52 Å². The highest BCUT2D eigenvalue weighted by atomic mass is 16.5. The van der Waals surface area contributed by atoms with Gasteiger partial charge in [0.2, 0.25) is 0 Å². The molecular formula is C9H6O3. The van der Waals surface area contributed by atoms with E-state index in [2.05, 4.69) is 4.42 Å². The van der Waals surface area contributed by atoms with E-state index in [9.17, 15) is 9.90 Å². The zero-order valence-corrected chi connectivity index (χ0v) is 6.15. The predicted octanol–water partition coefficient (Wildman–Crippen LogP) is 1.50. The molecule has 1 N–H and O–H groups in total. The van der Waals surface area contributed by atoms with Crippen molar-refractivity contribution in [1.29, 1.82) is 0 Å². The smallest absolute Gasteiger partial charge is 0.339 e. The van der Waals surface area contributed by atoms with E-state index < -0.39 is 5.63 Å². The van der Waals surface area contributed by atoms with Crippen molar-refractivity contribution in [2.24, 2.45) is 0 Å². The van der Waals surface area contributed by atoms with E-state index in [1.165, 1.54) is 6.07 Å². The summed E-state index contributed by atoms with van der Waals surface area (Å²) in [5.74, 6) is -0.321. The normalized spacial score (nSPS) is 10.3. The summed E-state index contributed by atoms with van der Waals surface area (Å²) in [6, 6.07) is 8.33. The summed E-state index contributed by atoms with van der Waals surface area (Å²) in [4.78, 5) is 10.8. The molecule has 0 saturated carbocycles. The average Bonchev–Trinajstić information content (AvgIpc) is 2.04. The van der Waals surface area contributed by atoms with Crippen LogP contribution in [0.2, 0.25) is 0 Å². The van der Waals surface area contributed by atoms with Crippen LogP contribution in [0.15, 0.2) is 39.5 Å². The Labute approximate surface area is 67.9 Å². The maximum absolute atomic E-state index is 10.8. The minimum absolute atomic E-state index is 0.321. The Kier molecular flexibility index (Phi) is 1.37. The molecule has 1 heterocycles. The summed E-state index contributed by atoms with van der Waals surface area (Å²) in [6.07, 6.45) is 0. The molecule has 0 aliphatic carbocycles. The van der Waals surface area contributed by atoms with Crippen LogP contribution in [0.4, 0.5) is 0 Å². The molecule has 0 spiro atoms. The third-order valence-corrected chi connectivity index (χ3v) is 1.66. The van der Waals surface area contributed by atoms with E-state index in [0.29, 0.717) is 10.8 Å². The number of hydrogen-bond acceptors (Lipinski definition) is 3. The molecule has 2 aromatic rings.